The Labute approximate surface area is 64.1 Å². The summed E-state index contributed by atoms with van der Waals surface area (Å²) < 4.78 is 0. The largest absolute Gasteiger partial charge is 0.408 e. The summed E-state index contributed by atoms with van der Waals surface area (Å²) in [7, 11) is 0. The van der Waals surface area contributed by atoms with Crippen molar-refractivity contribution in [1.82, 2.24) is 4.90 Å². The lowest BCUT2D eigenvalue weighted by Crippen LogP contribution is -2.42. The lowest BCUT2D eigenvalue weighted by Gasteiger charge is -2.25. The van der Waals surface area contributed by atoms with Crippen LogP contribution in [0.3, 0.4) is 0 Å². The van der Waals surface area contributed by atoms with E-state index in [2.05, 4.69) is 5.16 Å². The molecule has 1 rings (SSSR count). The van der Waals surface area contributed by atoms with Crippen molar-refractivity contribution >= 4 is 17.7 Å². The molecule has 0 aromatic carbocycles. The van der Waals surface area contributed by atoms with Gasteiger partial charge in [0.05, 0.1) is 0 Å². The van der Waals surface area contributed by atoms with Crippen LogP contribution in [0.1, 0.15) is 0 Å². The molecule has 0 amide bonds. The maximum absolute atomic E-state index is 8.30. The van der Waals surface area contributed by atoms with E-state index in [4.69, 9.17) is 10.9 Å². The molecule has 0 aromatic rings. The van der Waals surface area contributed by atoms with E-state index < -0.39 is 0 Å². The standard InChI is InChI=1S/C5H11N3OS/c6-5(7-9)8-1-3-10-4-2-8/h9H,1-4H2,(H2,6,7). The minimum atomic E-state index is 0.236. The average Bonchev–Trinajstić information content (AvgIpc) is 2.05. The van der Waals surface area contributed by atoms with Gasteiger partial charge >= 0.3 is 0 Å². The summed E-state index contributed by atoms with van der Waals surface area (Å²) in [4.78, 5) is 1.87. The maximum Gasteiger partial charge on any atom is 0.233 e. The van der Waals surface area contributed by atoms with Crippen molar-refractivity contribution in [3.05, 3.63) is 0 Å². The van der Waals surface area contributed by atoms with Crippen molar-refractivity contribution < 1.29 is 5.21 Å². The van der Waals surface area contributed by atoms with Crippen LogP contribution in [-0.4, -0.2) is 40.7 Å². The fourth-order valence-corrected chi connectivity index (χ4v) is 1.76. The average molecular weight is 161 g/mol. The van der Waals surface area contributed by atoms with E-state index in [-0.39, 0.29) is 5.96 Å². The van der Waals surface area contributed by atoms with Gasteiger partial charge in [-0.25, -0.2) is 0 Å². The minimum absolute atomic E-state index is 0.236. The molecule has 0 aromatic heterocycles. The predicted octanol–water partition coefficient (Wildman–Crippen LogP) is -0.261. The fraction of sp³-hybridized carbons (Fsp3) is 0.800. The number of nitrogens with two attached hydrogens (primary N) is 1. The molecular weight excluding hydrogens is 150 g/mol. The molecule has 0 atom stereocenters. The number of guanidine groups is 1. The van der Waals surface area contributed by atoms with E-state index in [9.17, 15) is 0 Å². The first kappa shape index (κ1) is 7.53. The molecule has 0 unspecified atom stereocenters. The van der Waals surface area contributed by atoms with Gasteiger partial charge in [0.25, 0.3) is 0 Å². The number of hydrogen-bond donors (Lipinski definition) is 2. The second-order valence-corrected chi connectivity index (χ2v) is 3.28. The van der Waals surface area contributed by atoms with Gasteiger partial charge in [0.15, 0.2) is 0 Å². The highest BCUT2D eigenvalue weighted by Crippen LogP contribution is 2.07. The van der Waals surface area contributed by atoms with Crippen molar-refractivity contribution in [2.45, 2.75) is 0 Å². The summed E-state index contributed by atoms with van der Waals surface area (Å²) in [5.41, 5.74) is 5.36. The Morgan fingerprint density at radius 2 is 2.10 bits per heavy atom. The summed E-state index contributed by atoms with van der Waals surface area (Å²) in [6, 6.07) is 0. The summed E-state index contributed by atoms with van der Waals surface area (Å²) in [5.74, 6) is 2.37. The highest BCUT2D eigenvalue weighted by atomic mass is 32.2. The Balaban J connectivity index is 2.39. The third-order valence-electron chi connectivity index (χ3n) is 1.44. The van der Waals surface area contributed by atoms with Gasteiger partial charge in [-0.3, -0.25) is 0 Å². The zero-order valence-corrected chi connectivity index (χ0v) is 6.47. The highest BCUT2D eigenvalue weighted by molar-refractivity contribution is 7.99. The van der Waals surface area contributed by atoms with E-state index in [0.29, 0.717) is 0 Å². The van der Waals surface area contributed by atoms with Crippen molar-refractivity contribution in [2.75, 3.05) is 24.6 Å². The molecule has 1 heterocycles. The second-order valence-electron chi connectivity index (χ2n) is 2.06. The van der Waals surface area contributed by atoms with Crippen LogP contribution in [0.25, 0.3) is 0 Å². The molecule has 1 saturated heterocycles. The molecule has 3 N–H and O–H groups in total. The quantitative estimate of drug-likeness (QED) is 0.222. The molecular formula is C5H11N3OS. The molecule has 5 heteroatoms. The van der Waals surface area contributed by atoms with Crippen LogP contribution in [0, 0.1) is 0 Å². The van der Waals surface area contributed by atoms with E-state index >= 15 is 0 Å². The summed E-state index contributed by atoms with van der Waals surface area (Å²) >= 11 is 1.89. The van der Waals surface area contributed by atoms with E-state index in [1.807, 2.05) is 16.7 Å². The number of thioether (sulfide) groups is 1. The van der Waals surface area contributed by atoms with Gasteiger partial charge in [0.2, 0.25) is 5.96 Å². The molecule has 4 nitrogen and oxygen atoms in total. The highest BCUT2D eigenvalue weighted by Gasteiger charge is 2.11. The Hall–Kier alpha value is -0.580. The number of oxime groups is 1. The smallest absolute Gasteiger partial charge is 0.233 e. The maximum atomic E-state index is 8.30. The number of hydrogen-bond acceptors (Lipinski definition) is 3. The molecule has 1 fully saturated rings. The van der Waals surface area contributed by atoms with Crippen LogP contribution >= 0.6 is 11.8 Å². The SMILES string of the molecule is N/C(=N\O)N1CCSCC1. The normalized spacial score (nSPS) is 21.2. The molecule has 0 saturated carbocycles. The molecule has 0 radical (unpaired) electrons. The van der Waals surface area contributed by atoms with Gasteiger partial charge in [0.1, 0.15) is 0 Å². The third kappa shape index (κ3) is 1.70. The molecule has 1 aliphatic heterocycles. The molecule has 10 heavy (non-hydrogen) atoms. The number of nitrogens with zero attached hydrogens (tertiary/aromatic N) is 2. The number of rotatable bonds is 0. The molecule has 0 bridgehead atoms. The minimum Gasteiger partial charge on any atom is -0.408 e. The van der Waals surface area contributed by atoms with Crippen LogP contribution in [0.4, 0.5) is 0 Å². The van der Waals surface area contributed by atoms with Crippen LogP contribution in [-0.2, 0) is 0 Å². The van der Waals surface area contributed by atoms with E-state index in [1.54, 1.807) is 0 Å². The van der Waals surface area contributed by atoms with Crippen LogP contribution < -0.4 is 5.73 Å². The molecule has 1 aliphatic rings. The Kier molecular flexibility index (Phi) is 2.68. The van der Waals surface area contributed by atoms with Crippen molar-refractivity contribution in [3.63, 3.8) is 0 Å². The predicted molar refractivity (Wildman–Crippen MR) is 42.3 cm³/mol. The van der Waals surface area contributed by atoms with E-state index in [0.717, 1.165) is 24.6 Å². The third-order valence-corrected chi connectivity index (χ3v) is 2.38. The van der Waals surface area contributed by atoms with Gasteiger partial charge in [-0.15, -0.1) is 0 Å². The van der Waals surface area contributed by atoms with Crippen molar-refractivity contribution in [2.24, 2.45) is 10.9 Å². The zero-order valence-electron chi connectivity index (χ0n) is 5.66. The first-order chi connectivity index (χ1) is 4.84. The first-order valence-corrected chi connectivity index (χ1v) is 4.30. The van der Waals surface area contributed by atoms with Crippen LogP contribution in [0.2, 0.25) is 0 Å². The van der Waals surface area contributed by atoms with Gasteiger partial charge in [-0.05, 0) is 0 Å². The van der Waals surface area contributed by atoms with Crippen LogP contribution in [0.15, 0.2) is 5.16 Å². The van der Waals surface area contributed by atoms with Crippen LogP contribution in [0.5, 0.6) is 0 Å². The Morgan fingerprint density at radius 1 is 1.50 bits per heavy atom. The Bertz CT molecular complexity index is 133. The topological polar surface area (TPSA) is 61.9 Å². The van der Waals surface area contributed by atoms with Crippen molar-refractivity contribution in [3.8, 4) is 0 Å². The summed E-state index contributed by atoms with van der Waals surface area (Å²) in [6.45, 7) is 1.78. The van der Waals surface area contributed by atoms with Gasteiger partial charge in [-0.1, -0.05) is 5.16 Å². The summed E-state index contributed by atoms with van der Waals surface area (Å²) in [6.07, 6.45) is 0. The van der Waals surface area contributed by atoms with Crippen molar-refractivity contribution in [1.29, 1.82) is 0 Å². The van der Waals surface area contributed by atoms with Gasteiger partial charge < -0.3 is 15.8 Å². The lowest BCUT2D eigenvalue weighted by molar-refractivity contribution is 0.301. The molecule has 0 spiro atoms. The summed E-state index contributed by atoms with van der Waals surface area (Å²) in [5, 5.41) is 11.2. The van der Waals surface area contributed by atoms with Gasteiger partial charge in [-0.2, -0.15) is 11.8 Å². The fourth-order valence-electron chi connectivity index (χ4n) is 0.856. The molecule has 58 valence electrons. The van der Waals surface area contributed by atoms with E-state index in [1.165, 1.54) is 0 Å². The monoisotopic (exact) mass is 161 g/mol. The first-order valence-electron chi connectivity index (χ1n) is 3.15. The Morgan fingerprint density at radius 3 is 2.60 bits per heavy atom. The molecule has 0 aliphatic carbocycles. The van der Waals surface area contributed by atoms with Gasteiger partial charge in [0, 0.05) is 24.6 Å². The second kappa shape index (κ2) is 3.55. The lowest BCUT2D eigenvalue weighted by atomic mass is 10.5. The zero-order chi connectivity index (χ0) is 7.40.